The number of aryl methyl sites for hydroxylation is 1. The van der Waals surface area contributed by atoms with E-state index < -0.39 is 58.9 Å². The van der Waals surface area contributed by atoms with Crippen molar-refractivity contribution in [2.75, 3.05) is 12.3 Å². The van der Waals surface area contributed by atoms with E-state index in [1.165, 1.54) is 12.1 Å². The molecular weight excluding hydrogens is 484 g/mol. The fraction of sp³-hybridized carbons (Fsp3) is 0.381. The smallest absolute Gasteiger partial charge is 0.351 e. The van der Waals surface area contributed by atoms with Crippen LogP contribution in [0.4, 0.5) is 5.82 Å². The molecular formula is C21H22N4O9S. The number of nitrogens with zero attached hydrogens (tertiary/aromatic N) is 3. The van der Waals surface area contributed by atoms with Crippen LogP contribution >= 0.6 is 0 Å². The van der Waals surface area contributed by atoms with Crippen molar-refractivity contribution in [3.05, 3.63) is 52.1 Å². The number of ether oxygens (including phenoxy) is 3. The van der Waals surface area contributed by atoms with E-state index in [2.05, 4.69) is 4.98 Å². The predicted octanol–water partition coefficient (Wildman–Crippen LogP) is 0.172. The normalized spacial score (nSPS) is 21.8. The maximum absolute atomic E-state index is 13.0. The number of aromatic nitrogens is 2. The molecule has 0 aliphatic carbocycles. The van der Waals surface area contributed by atoms with Crippen molar-refractivity contribution in [3.63, 3.8) is 0 Å². The summed E-state index contributed by atoms with van der Waals surface area (Å²) in [5.74, 6) is -1.86. The summed E-state index contributed by atoms with van der Waals surface area (Å²) in [5.41, 5.74) is 5.24. The summed E-state index contributed by atoms with van der Waals surface area (Å²) in [7, 11) is -4.42. The fourth-order valence-electron chi connectivity index (χ4n) is 3.36. The number of anilines is 1. The van der Waals surface area contributed by atoms with Crippen LogP contribution in [0, 0.1) is 18.3 Å². The zero-order chi connectivity index (χ0) is 25.9. The van der Waals surface area contributed by atoms with Gasteiger partial charge in [-0.2, -0.15) is 18.7 Å². The number of nitrogen functional groups attached to an aromatic ring is 1. The highest BCUT2D eigenvalue weighted by molar-refractivity contribution is 7.86. The first-order chi connectivity index (χ1) is 16.4. The van der Waals surface area contributed by atoms with Gasteiger partial charge in [0.25, 0.3) is 10.1 Å². The van der Waals surface area contributed by atoms with Gasteiger partial charge >= 0.3 is 17.6 Å². The standard InChI is InChI=1S/C21H22N4O9S/c1-11-4-6-15(7-5-11)35(29,30)34-17-16(10-31-12(2)26)33-20(18(17)32-13(3)27)25-9-14(8-22)19(23)24-21(25)28/h4-7,9,16-18,20H,10H2,1-3H3,(H2,23,24,28)/t16-,17+,18-,20-/m1/s1. The molecule has 1 fully saturated rings. The van der Waals surface area contributed by atoms with Crippen LogP contribution in [0.1, 0.15) is 31.2 Å². The number of nitriles is 1. The quantitative estimate of drug-likeness (QED) is 0.396. The minimum Gasteiger partial charge on any atom is -0.463 e. The number of esters is 2. The Labute approximate surface area is 200 Å². The first-order valence-electron chi connectivity index (χ1n) is 10.2. The maximum Gasteiger partial charge on any atom is 0.351 e. The molecule has 0 unspecified atom stereocenters. The summed E-state index contributed by atoms with van der Waals surface area (Å²) < 4.78 is 48.3. The van der Waals surface area contributed by atoms with Crippen molar-refractivity contribution in [2.24, 2.45) is 0 Å². The van der Waals surface area contributed by atoms with Gasteiger partial charge in [0.15, 0.2) is 12.3 Å². The average Bonchev–Trinajstić information content (AvgIpc) is 3.08. The Morgan fingerprint density at radius 3 is 2.43 bits per heavy atom. The summed E-state index contributed by atoms with van der Waals surface area (Å²) in [4.78, 5) is 39.2. The molecule has 0 bridgehead atoms. The second-order valence-electron chi connectivity index (χ2n) is 7.61. The molecule has 0 radical (unpaired) electrons. The largest absolute Gasteiger partial charge is 0.463 e. The lowest BCUT2D eigenvalue weighted by molar-refractivity contribution is -0.155. The minimum atomic E-state index is -4.42. The first kappa shape index (κ1) is 25.8. The molecule has 1 aromatic heterocycles. The van der Waals surface area contributed by atoms with Crippen molar-refractivity contribution < 1.29 is 36.4 Å². The number of hydrogen-bond donors (Lipinski definition) is 1. The lowest BCUT2D eigenvalue weighted by Gasteiger charge is -2.24. The Balaban J connectivity index is 2.08. The molecule has 13 nitrogen and oxygen atoms in total. The lowest BCUT2D eigenvalue weighted by atomic mass is 10.1. The van der Waals surface area contributed by atoms with Crippen LogP contribution in [0.15, 0.2) is 40.2 Å². The summed E-state index contributed by atoms with van der Waals surface area (Å²) in [5, 5.41) is 9.26. The van der Waals surface area contributed by atoms with Crippen molar-refractivity contribution in [3.8, 4) is 6.07 Å². The van der Waals surface area contributed by atoms with Gasteiger partial charge in [0.2, 0.25) is 0 Å². The third-order valence-corrected chi connectivity index (χ3v) is 6.29. The van der Waals surface area contributed by atoms with E-state index in [9.17, 15) is 28.1 Å². The van der Waals surface area contributed by atoms with Crippen LogP contribution in [0.2, 0.25) is 0 Å². The molecule has 186 valence electrons. The number of hydrogen-bond acceptors (Lipinski definition) is 12. The van der Waals surface area contributed by atoms with Crippen molar-refractivity contribution in [1.82, 2.24) is 9.55 Å². The molecule has 0 spiro atoms. The van der Waals surface area contributed by atoms with Crippen molar-refractivity contribution in [2.45, 2.75) is 50.2 Å². The molecule has 0 saturated carbocycles. The van der Waals surface area contributed by atoms with Crippen LogP contribution in [0.3, 0.4) is 0 Å². The zero-order valence-corrected chi connectivity index (χ0v) is 19.7. The number of carbonyl (C=O) groups excluding carboxylic acids is 2. The Hall–Kier alpha value is -3.80. The SMILES string of the molecule is CC(=O)OC[C@H]1O[C@@H](n2cc(C#N)c(N)nc2=O)[C@H](OC(C)=O)[C@H]1OS(=O)(=O)c1ccc(C)cc1. The number of carbonyl (C=O) groups is 2. The van der Waals surface area contributed by atoms with E-state index >= 15 is 0 Å². The van der Waals surface area contributed by atoms with E-state index in [1.807, 2.05) is 0 Å². The second-order valence-corrected chi connectivity index (χ2v) is 9.18. The maximum atomic E-state index is 13.0. The third kappa shape index (κ3) is 5.83. The van der Waals surface area contributed by atoms with Crippen LogP contribution in [-0.4, -0.2) is 54.8 Å². The molecule has 2 N–H and O–H groups in total. The Morgan fingerprint density at radius 1 is 1.20 bits per heavy atom. The molecule has 3 rings (SSSR count). The van der Waals surface area contributed by atoms with Crippen LogP contribution in [0.5, 0.6) is 0 Å². The van der Waals surface area contributed by atoms with E-state index in [0.29, 0.717) is 0 Å². The van der Waals surface area contributed by atoms with E-state index in [0.717, 1.165) is 30.2 Å². The predicted molar refractivity (Wildman–Crippen MR) is 117 cm³/mol. The summed E-state index contributed by atoms with van der Waals surface area (Å²) in [6.07, 6.45) is -4.78. The molecule has 2 aromatic rings. The monoisotopic (exact) mass is 506 g/mol. The summed E-state index contributed by atoms with van der Waals surface area (Å²) in [6.45, 7) is 3.47. The van der Waals surface area contributed by atoms with Gasteiger partial charge in [0.1, 0.15) is 36.3 Å². The van der Waals surface area contributed by atoms with Gasteiger partial charge in [-0.05, 0) is 19.1 Å². The summed E-state index contributed by atoms with van der Waals surface area (Å²) in [6, 6.07) is 7.54. The van der Waals surface area contributed by atoms with Gasteiger partial charge < -0.3 is 19.9 Å². The second kappa shape index (κ2) is 10.2. The topological polar surface area (TPSA) is 190 Å². The van der Waals surface area contributed by atoms with Crippen molar-refractivity contribution in [1.29, 1.82) is 5.26 Å². The van der Waals surface area contributed by atoms with Gasteiger partial charge in [0.05, 0.1) is 4.90 Å². The van der Waals surface area contributed by atoms with Gasteiger partial charge in [-0.3, -0.25) is 18.3 Å². The number of nitrogens with two attached hydrogens (primary N) is 1. The van der Waals surface area contributed by atoms with Gasteiger partial charge in [-0.1, -0.05) is 17.7 Å². The molecule has 0 amide bonds. The van der Waals surface area contributed by atoms with E-state index in [-0.39, 0.29) is 16.3 Å². The molecule has 35 heavy (non-hydrogen) atoms. The number of benzene rings is 1. The summed E-state index contributed by atoms with van der Waals surface area (Å²) >= 11 is 0. The van der Waals surface area contributed by atoms with E-state index in [1.54, 1.807) is 25.1 Å². The van der Waals surface area contributed by atoms with Gasteiger partial charge in [0, 0.05) is 20.0 Å². The van der Waals surface area contributed by atoms with Gasteiger partial charge in [-0.15, -0.1) is 0 Å². The van der Waals surface area contributed by atoms with Crippen LogP contribution in [-0.2, 0) is 38.1 Å². The Morgan fingerprint density at radius 2 is 1.86 bits per heavy atom. The molecule has 4 atom stereocenters. The minimum absolute atomic E-state index is 0.178. The Kier molecular flexibility index (Phi) is 7.54. The zero-order valence-electron chi connectivity index (χ0n) is 18.9. The van der Waals surface area contributed by atoms with Crippen LogP contribution in [0.25, 0.3) is 0 Å². The molecule has 14 heteroatoms. The van der Waals surface area contributed by atoms with Crippen molar-refractivity contribution >= 4 is 27.9 Å². The Bertz CT molecular complexity index is 1330. The van der Waals surface area contributed by atoms with E-state index in [4.69, 9.17) is 24.1 Å². The lowest BCUT2D eigenvalue weighted by Crippen LogP contribution is -2.42. The van der Waals surface area contributed by atoms with Gasteiger partial charge in [-0.25, -0.2) is 4.79 Å². The molecule has 1 aliphatic heterocycles. The highest BCUT2D eigenvalue weighted by Gasteiger charge is 2.51. The highest BCUT2D eigenvalue weighted by Crippen LogP contribution is 2.35. The fourth-order valence-corrected chi connectivity index (χ4v) is 4.46. The molecule has 1 aliphatic rings. The number of rotatable bonds is 7. The van der Waals surface area contributed by atoms with Crippen LogP contribution < -0.4 is 11.4 Å². The molecule has 1 aromatic carbocycles. The average molecular weight is 506 g/mol. The highest BCUT2D eigenvalue weighted by atomic mass is 32.2. The first-order valence-corrected chi connectivity index (χ1v) is 11.6. The molecule has 2 heterocycles. The molecule has 1 saturated heterocycles. The third-order valence-electron chi connectivity index (χ3n) is 4.96.